The molecular formula is C21H23N5O2S2. The number of pyridine rings is 1. The van der Waals surface area contributed by atoms with Gasteiger partial charge in [0.1, 0.15) is 16.3 Å². The molecule has 0 bridgehead atoms. The Kier molecular flexibility index (Phi) is 5.65. The molecule has 0 spiro atoms. The number of carbonyl (C=O) groups excluding carboxylic acids is 1. The number of nitrogens with one attached hydrogen (secondary N) is 1. The molecule has 0 atom stereocenters. The van der Waals surface area contributed by atoms with Crippen LogP contribution in [0.4, 0.5) is 0 Å². The topological polar surface area (TPSA) is 93.8 Å². The summed E-state index contributed by atoms with van der Waals surface area (Å²) in [5.41, 5.74) is 3.48. The average Bonchev–Trinajstić information content (AvgIpc) is 3.48. The summed E-state index contributed by atoms with van der Waals surface area (Å²) in [6.45, 7) is 1.84. The molecule has 4 aromatic rings. The molecule has 5 heterocycles. The van der Waals surface area contributed by atoms with Crippen LogP contribution in [0.5, 0.6) is 0 Å². The highest BCUT2D eigenvalue weighted by molar-refractivity contribution is 7.22. The molecule has 0 aromatic carbocycles. The largest absolute Gasteiger partial charge is 0.343 e. The van der Waals surface area contributed by atoms with Crippen LogP contribution >= 0.6 is 22.7 Å². The van der Waals surface area contributed by atoms with Gasteiger partial charge < -0.3 is 9.84 Å². The van der Waals surface area contributed by atoms with Crippen LogP contribution in [-0.4, -0.2) is 32.4 Å². The van der Waals surface area contributed by atoms with Crippen LogP contribution in [-0.2, 0) is 30.6 Å². The Morgan fingerprint density at radius 2 is 2.27 bits per heavy atom. The molecular weight excluding hydrogens is 418 g/mol. The molecule has 0 aliphatic carbocycles. The summed E-state index contributed by atoms with van der Waals surface area (Å²) in [6.07, 6.45) is 9.44. The molecule has 0 fully saturated rings. The number of aryl methyl sites for hydroxylation is 1. The van der Waals surface area contributed by atoms with Crippen LogP contribution in [0.15, 0.2) is 29.4 Å². The van der Waals surface area contributed by atoms with Gasteiger partial charge in [-0.3, -0.25) is 9.78 Å². The van der Waals surface area contributed by atoms with Crippen LogP contribution < -0.4 is 5.32 Å². The zero-order valence-electron chi connectivity index (χ0n) is 16.4. The first-order chi connectivity index (χ1) is 14.8. The minimum atomic E-state index is 0. The third kappa shape index (κ3) is 4.05. The van der Waals surface area contributed by atoms with Gasteiger partial charge in [0.05, 0.1) is 10.9 Å². The first-order valence-electron chi connectivity index (χ1n) is 10.1. The summed E-state index contributed by atoms with van der Waals surface area (Å²) >= 11 is 3.46. The number of fused-ring (bicyclic) bond motifs is 2. The van der Waals surface area contributed by atoms with Gasteiger partial charge in [0.15, 0.2) is 5.82 Å². The molecule has 1 aliphatic rings. The molecule has 0 saturated carbocycles. The van der Waals surface area contributed by atoms with E-state index < -0.39 is 0 Å². The minimum absolute atomic E-state index is 0. The van der Waals surface area contributed by atoms with Gasteiger partial charge in [0, 0.05) is 48.7 Å². The molecule has 7 nitrogen and oxygen atoms in total. The van der Waals surface area contributed by atoms with E-state index in [0.717, 1.165) is 58.9 Å². The molecule has 0 unspecified atom stereocenters. The van der Waals surface area contributed by atoms with E-state index in [9.17, 15) is 4.79 Å². The predicted molar refractivity (Wildman–Crippen MR) is 119 cm³/mol. The van der Waals surface area contributed by atoms with Crippen molar-refractivity contribution in [3.05, 3.63) is 46.0 Å². The number of hydrogen-bond acceptors (Lipinski definition) is 9. The summed E-state index contributed by atoms with van der Waals surface area (Å²) in [5, 5.41) is 8.27. The number of Topliss-reactive ketones (excluding diaryl/α,β-unsaturated/α-hetero) is 1. The van der Waals surface area contributed by atoms with Crippen LogP contribution in [0.25, 0.3) is 20.8 Å². The third-order valence-electron chi connectivity index (χ3n) is 5.28. The summed E-state index contributed by atoms with van der Waals surface area (Å²) in [4.78, 5) is 28.3. The number of hydrogen-bond donors (Lipinski definition) is 1. The van der Waals surface area contributed by atoms with E-state index in [4.69, 9.17) is 9.51 Å². The fourth-order valence-corrected chi connectivity index (χ4v) is 6.28. The van der Waals surface area contributed by atoms with Crippen molar-refractivity contribution in [2.24, 2.45) is 0 Å². The average molecular weight is 442 g/mol. The Morgan fingerprint density at radius 3 is 3.13 bits per heavy atom. The number of aromatic nitrogens is 4. The summed E-state index contributed by atoms with van der Waals surface area (Å²) in [6, 6.07) is 2.01. The lowest BCUT2D eigenvalue weighted by Crippen LogP contribution is -2.22. The number of thiazole rings is 1. The smallest absolute Gasteiger partial charge is 0.213 e. The van der Waals surface area contributed by atoms with Crippen molar-refractivity contribution in [1.82, 2.24) is 25.4 Å². The van der Waals surface area contributed by atoms with Gasteiger partial charge in [0.2, 0.25) is 6.39 Å². The van der Waals surface area contributed by atoms with E-state index in [2.05, 4.69) is 20.4 Å². The standard InChI is InChI=1S/C21H21N5O2S2.H2/c27-13(3-1-2-4-19-24-12-28-26-19)9-17-20(14-5-7-23-11-18(14)29-17)21-25-15-10-22-8-6-16(15)30-21;/h6,8,10,12,23H,1-5,7,9,11H2;1H. The Morgan fingerprint density at radius 1 is 1.30 bits per heavy atom. The van der Waals surface area contributed by atoms with Gasteiger partial charge in [0.25, 0.3) is 0 Å². The third-order valence-corrected chi connectivity index (χ3v) is 7.56. The van der Waals surface area contributed by atoms with E-state index in [0.29, 0.717) is 18.7 Å². The lowest BCUT2D eigenvalue weighted by Gasteiger charge is -2.13. The van der Waals surface area contributed by atoms with Crippen molar-refractivity contribution in [3.8, 4) is 10.6 Å². The number of carbonyl (C=O) groups is 1. The van der Waals surface area contributed by atoms with Crippen LogP contribution in [0.2, 0.25) is 0 Å². The van der Waals surface area contributed by atoms with Gasteiger partial charge in [-0.25, -0.2) is 4.98 Å². The number of unbranched alkanes of at least 4 members (excludes halogenated alkanes) is 1. The Hall–Kier alpha value is -2.49. The molecule has 1 aliphatic heterocycles. The molecule has 156 valence electrons. The Balaban J connectivity index is 0.00000231. The van der Waals surface area contributed by atoms with Gasteiger partial charge in [-0.2, -0.15) is 4.98 Å². The first kappa shape index (κ1) is 19.5. The molecule has 0 amide bonds. The quantitative estimate of drug-likeness (QED) is 0.409. The number of ketones is 1. The van der Waals surface area contributed by atoms with E-state index in [1.54, 1.807) is 28.9 Å². The normalized spacial score (nSPS) is 13.6. The van der Waals surface area contributed by atoms with Crippen LogP contribution in [0, 0.1) is 0 Å². The second kappa shape index (κ2) is 8.71. The number of rotatable bonds is 8. The number of thiophene rings is 1. The highest BCUT2D eigenvalue weighted by atomic mass is 32.1. The Labute approximate surface area is 183 Å². The molecule has 0 radical (unpaired) electrons. The van der Waals surface area contributed by atoms with E-state index in [1.807, 2.05) is 12.3 Å². The van der Waals surface area contributed by atoms with Crippen molar-refractivity contribution in [3.63, 3.8) is 0 Å². The van der Waals surface area contributed by atoms with Crippen molar-refractivity contribution >= 4 is 38.7 Å². The van der Waals surface area contributed by atoms with Crippen molar-refractivity contribution < 1.29 is 10.7 Å². The zero-order chi connectivity index (χ0) is 20.3. The van der Waals surface area contributed by atoms with Gasteiger partial charge in [-0.15, -0.1) is 22.7 Å². The maximum atomic E-state index is 12.8. The SMILES string of the molecule is O=C(CCCCc1ncon1)Cc1sc2c(c1-c1nc3cnccc3s1)CCNC2.[HH]. The highest BCUT2D eigenvalue weighted by Gasteiger charge is 2.25. The maximum Gasteiger partial charge on any atom is 0.213 e. The van der Waals surface area contributed by atoms with E-state index in [-0.39, 0.29) is 7.21 Å². The van der Waals surface area contributed by atoms with Crippen molar-refractivity contribution in [1.29, 1.82) is 0 Å². The minimum Gasteiger partial charge on any atom is -0.343 e. The lowest BCUT2D eigenvalue weighted by molar-refractivity contribution is -0.118. The molecule has 4 aromatic heterocycles. The summed E-state index contributed by atoms with van der Waals surface area (Å²) in [7, 11) is 0. The maximum absolute atomic E-state index is 12.8. The van der Waals surface area contributed by atoms with Gasteiger partial charge >= 0.3 is 0 Å². The summed E-state index contributed by atoms with van der Waals surface area (Å²) in [5.74, 6) is 0.979. The van der Waals surface area contributed by atoms with Gasteiger partial charge in [-0.05, 0) is 37.4 Å². The second-order valence-corrected chi connectivity index (χ2v) is 9.58. The molecule has 5 rings (SSSR count). The second-order valence-electron chi connectivity index (χ2n) is 7.36. The van der Waals surface area contributed by atoms with Crippen LogP contribution in [0.1, 0.15) is 41.8 Å². The molecule has 0 saturated heterocycles. The predicted octanol–water partition coefficient (Wildman–Crippen LogP) is 4.22. The molecule has 9 heteroatoms. The zero-order valence-corrected chi connectivity index (χ0v) is 18.0. The van der Waals surface area contributed by atoms with Crippen molar-refractivity contribution in [2.75, 3.05) is 6.54 Å². The molecule has 1 N–H and O–H groups in total. The highest BCUT2D eigenvalue weighted by Crippen LogP contribution is 2.41. The van der Waals surface area contributed by atoms with E-state index >= 15 is 0 Å². The van der Waals surface area contributed by atoms with Crippen molar-refractivity contribution in [2.45, 2.75) is 45.1 Å². The Bertz CT molecular complexity index is 1140. The summed E-state index contributed by atoms with van der Waals surface area (Å²) < 4.78 is 5.88. The van der Waals surface area contributed by atoms with E-state index in [1.165, 1.54) is 22.4 Å². The molecule has 30 heavy (non-hydrogen) atoms. The van der Waals surface area contributed by atoms with Crippen LogP contribution in [0.3, 0.4) is 0 Å². The fourth-order valence-electron chi connectivity index (χ4n) is 3.83. The monoisotopic (exact) mass is 441 g/mol. The first-order valence-corrected chi connectivity index (χ1v) is 11.7. The lowest BCUT2D eigenvalue weighted by atomic mass is 10.00. The number of nitrogens with zero attached hydrogens (tertiary/aromatic N) is 4. The van der Waals surface area contributed by atoms with Gasteiger partial charge in [-0.1, -0.05) is 5.16 Å². The fraction of sp³-hybridized carbons (Fsp3) is 0.381.